The molecule has 1 aromatic heterocycles. The highest BCUT2D eigenvalue weighted by Crippen LogP contribution is 2.53. The normalized spacial score (nSPS) is 18.5. The number of nitrogens with zero attached hydrogens (tertiary/aromatic N) is 3. The number of carbonyl (C=O) groups is 1. The summed E-state index contributed by atoms with van der Waals surface area (Å²) in [5.41, 5.74) is -3.89. The summed E-state index contributed by atoms with van der Waals surface area (Å²) in [5, 5.41) is 18.6. The van der Waals surface area contributed by atoms with Gasteiger partial charge in [0.15, 0.2) is 5.71 Å². The lowest BCUT2D eigenvalue weighted by atomic mass is 9.73. The van der Waals surface area contributed by atoms with E-state index in [1.807, 2.05) is 0 Å². The number of fused-ring (bicyclic) bond motifs is 6. The molecule has 0 amide bonds. The van der Waals surface area contributed by atoms with Gasteiger partial charge in [-0.25, -0.2) is 4.79 Å². The molecular weight excluding hydrogens is 1210 g/mol. The topological polar surface area (TPSA) is 412 Å². The maximum Gasteiger partial charge on any atom is 0.333 e. The number of anilines is 1. The molecule has 8 rings (SSSR count). The average Bonchev–Trinajstić information content (AvgIpc) is 1.63. The lowest BCUT2D eigenvalue weighted by Gasteiger charge is -2.35. The van der Waals surface area contributed by atoms with E-state index >= 15 is 0 Å². The van der Waals surface area contributed by atoms with Gasteiger partial charge in [-0.3, -0.25) is 32.4 Å². The van der Waals surface area contributed by atoms with Crippen LogP contribution in [0.5, 0.6) is 11.8 Å². The molecule has 0 spiro atoms. The molecule has 27 nitrogen and oxygen atoms in total. The largest absolute Gasteiger partial charge is 0.492 e. The van der Waals surface area contributed by atoms with E-state index in [2.05, 4.69) is 0 Å². The van der Waals surface area contributed by atoms with Crippen LogP contribution in [0.25, 0.3) is 33.7 Å². The molecule has 0 bridgehead atoms. The first-order valence-electron chi connectivity index (χ1n) is 25.5. The van der Waals surface area contributed by atoms with Gasteiger partial charge in [0.1, 0.15) is 16.3 Å². The van der Waals surface area contributed by atoms with Gasteiger partial charge in [0, 0.05) is 78.4 Å². The molecule has 7 N–H and O–H groups in total. The van der Waals surface area contributed by atoms with Crippen molar-refractivity contribution in [1.82, 2.24) is 4.73 Å². The number of carbonyl (C=O) groups excluding carboxylic acids is 1. The maximum absolute atomic E-state index is 14.9. The van der Waals surface area contributed by atoms with Crippen LogP contribution in [0.2, 0.25) is 0 Å². The predicted molar refractivity (Wildman–Crippen MR) is 300 cm³/mol. The lowest BCUT2D eigenvalue weighted by molar-refractivity contribution is -0.437. The summed E-state index contributed by atoms with van der Waals surface area (Å²) < 4.78 is 196. The molecule has 3 heterocycles. The lowest BCUT2D eigenvalue weighted by Crippen LogP contribution is -2.66. The summed E-state index contributed by atoms with van der Waals surface area (Å²) in [7, 11) is -24.0. The zero-order valence-electron chi connectivity index (χ0n) is 45.2. The Kier molecular flexibility index (Phi) is 17.7. The summed E-state index contributed by atoms with van der Waals surface area (Å²) in [6.45, 7) is 5.24. The first-order chi connectivity index (χ1) is 39.1. The minimum Gasteiger partial charge on any atom is -0.492 e. The predicted octanol–water partition coefficient (Wildman–Crippen LogP) is 1.75. The molecule has 0 fully saturated rings. The number of likely N-dealkylation sites (N-methyl/N-ethyl adjacent to an activating group) is 1. The second-order valence-corrected chi connectivity index (χ2v) is 27.6. The van der Waals surface area contributed by atoms with Gasteiger partial charge in [-0.2, -0.15) is 46.7 Å². The van der Waals surface area contributed by atoms with Crippen molar-refractivity contribution in [3.8, 4) is 11.8 Å². The van der Waals surface area contributed by atoms with Crippen LogP contribution in [0.3, 0.4) is 0 Å². The van der Waals surface area contributed by atoms with Crippen molar-refractivity contribution < 1.29 is 103 Å². The van der Waals surface area contributed by atoms with Crippen molar-refractivity contribution in [3.05, 3.63) is 103 Å². The van der Waals surface area contributed by atoms with Crippen molar-refractivity contribution in [2.24, 2.45) is 0 Å². The van der Waals surface area contributed by atoms with Crippen molar-refractivity contribution >= 4 is 107 Å². The van der Waals surface area contributed by atoms with Gasteiger partial charge in [-0.1, -0.05) is 13.0 Å². The maximum atomic E-state index is 14.9. The molecule has 6 aromatic rings. The fraction of sp³-hybridized carbons (Fsp3) is 0.385. The second kappa shape index (κ2) is 23.4. The Balaban J connectivity index is 1.35. The Hall–Kier alpha value is -6.53. The number of benzene rings is 4. The first-order valence-corrected chi connectivity index (χ1v) is 32.9. The van der Waals surface area contributed by atoms with Crippen LogP contribution in [0, 0.1) is 0 Å². The zero-order valence-corrected chi connectivity index (χ0v) is 49.2. The summed E-state index contributed by atoms with van der Waals surface area (Å²) in [6, 6.07) is 9.42. The van der Waals surface area contributed by atoms with Crippen LogP contribution >= 0.6 is 0 Å². The standard InChI is InChI=1S/C52H57N3O24S5/c1-5-53-38-11-9-32-34(24-30(81(64,65)66)26-40(32)83(70,71)72)47(38)51(2,15-7-23-80(61,62)63)42(53)28-36-49(59)37(50(36)60)29-43-52(3,16-18-77-21-22-78-20-19-76-4)48-35-25-31(82(67,68)69)27-41(84(73,74)75)33(35)10-12-39(48)54(43)17-6-8-46(58)79-55-44(56)13-14-45(55)57/h9-14,24-29,42H,5-8,15-23H2,1-4H3,(H6,59,60,61,62,63,64,65,66,67,68,69,70,71,72,73,74,75)/p+1. The van der Waals surface area contributed by atoms with Crippen molar-refractivity contribution in [2.75, 3.05) is 63.9 Å². The third kappa shape index (κ3) is 12.4. The molecule has 454 valence electrons. The molecule has 0 saturated carbocycles. The third-order valence-electron chi connectivity index (χ3n) is 15.1. The SMILES string of the molecule is CCN1c2ccc3c(S(=O)(=O)O)cc(S(=O)(=O)O)cc3c2C(C)(CCCS(=O)(=O)O)C1C=c1c(=O)c(=CC2=[N+](CCCC(=O)On3c(O)ccc3O)c3ccc4c(S(=O)(=O)O)cc(S(=O)(=O)O)cc4c3C2(C)CCOCCOCCOC)c1=O. The molecular formula is C52H58N3O24S5+. The molecule has 84 heavy (non-hydrogen) atoms. The number of ether oxygens (including phenoxy) is 3. The molecule has 32 heteroatoms. The number of hydrogen-bond acceptors (Lipinski definition) is 20. The third-order valence-corrected chi connectivity index (χ3v) is 19.4. The Bertz CT molecular complexity index is 4460. The Morgan fingerprint density at radius 1 is 0.655 bits per heavy atom. The molecule has 0 aliphatic carbocycles. The van der Waals surface area contributed by atoms with E-state index in [-0.39, 0.29) is 122 Å². The number of rotatable bonds is 25. The van der Waals surface area contributed by atoms with Gasteiger partial charge in [0.05, 0.1) is 70.3 Å². The van der Waals surface area contributed by atoms with E-state index in [1.165, 1.54) is 43.5 Å². The van der Waals surface area contributed by atoms with E-state index in [4.69, 9.17) is 19.0 Å². The molecule has 0 radical (unpaired) electrons. The van der Waals surface area contributed by atoms with Gasteiger partial charge >= 0.3 is 5.97 Å². The van der Waals surface area contributed by atoms with Crippen LogP contribution in [0.1, 0.15) is 64.0 Å². The van der Waals surface area contributed by atoms with Gasteiger partial charge in [0.2, 0.25) is 28.3 Å². The fourth-order valence-electron chi connectivity index (χ4n) is 11.3. The van der Waals surface area contributed by atoms with E-state index in [0.29, 0.717) is 16.9 Å². The highest BCUT2D eigenvalue weighted by atomic mass is 32.2. The number of methoxy groups -OCH3 is 1. The number of aromatic nitrogens is 1. The quantitative estimate of drug-likeness (QED) is 0.0244. The van der Waals surface area contributed by atoms with E-state index < -0.39 is 138 Å². The molecule has 3 atom stereocenters. The van der Waals surface area contributed by atoms with Gasteiger partial charge in [0.25, 0.3) is 50.6 Å². The van der Waals surface area contributed by atoms with Crippen LogP contribution in [0.4, 0.5) is 11.4 Å². The van der Waals surface area contributed by atoms with Crippen LogP contribution < -0.4 is 31.0 Å². The van der Waals surface area contributed by atoms with E-state index in [1.54, 1.807) is 30.2 Å². The highest BCUT2D eigenvalue weighted by molar-refractivity contribution is 7.87. The van der Waals surface area contributed by atoms with E-state index in [9.17, 15) is 89.4 Å². The summed E-state index contributed by atoms with van der Waals surface area (Å²) >= 11 is 0. The fourth-order valence-corrected chi connectivity index (χ4v) is 14.5. The number of aromatic hydroxyl groups is 2. The van der Waals surface area contributed by atoms with Crippen LogP contribution in [0.15, 0.2) is 89.8 Å². The van der Waals surface area contributed by atoms with Gasteiger partial charge in [-0.15, -0.1) is 4.73 Å². The van der Waals surface area contributed by atoms with Crippen molar-refractivity contribution in [2.45, 2.75) is 89.3 Å². The highest BCUT2D eigenvalue weighted by Gasteiger charge is 2.51. The van der Waals surface area contributed by atoms with Gasteiger partial charge < -0.3 is 34.2 Å². The second-order valence-electron chi connectivity index (χ2n) is 20.4. The molecule has 5 aromatic carbocycles. The monoisotopic (exact) mass is 1270 g/mol. The number of hydrogen-bond donors (Lipinski definition) is 7. The summed E-state index contributed by atoms with van der Waals surface area (Å²) in [5.74, 6) is -2.99. The van der Waals surface area contributed by atoms with Crippen molar-refractivity contribution in [3.63, 3.8) is 0 Å². The minimum absolute atomic E-state index is 0.0234. The van der Waals surface area contributed by atoms with Crippen molar-refractivity contribution in [1.29, 1.82) is 0 Å². The van der Waals surface area contributed by atoms with Gasteiger partial charge in [-0.05, 0) is 91.9 Å². The first kappa shape index (κ1) is 63.5. The molecule has 0 saturated heterocycles. The Labute approximate surface area is 480 Å². The summed E-state index contributed by atoms with van der Waals surface area (Å²) in [6.07, 6.45) is 1.43. The van der Waals surface area contributed by atoms with Crippen LogP contribution in [-0.2, 0) is 80.4 Å². The molecule has 3 unspecified atom stereocenters. The smallest absolute Gasteiger partial charge is 0.333 e. The van der Waals surface area contributed by atoms with E-state index in [0.717, 1.165) is 24.3 Å². The summed E-state index contributed by atoms with van der Waals surface area (Å²) in [4.78, 5) is 46.1. The molecule has 2 aliphatic rings. The zero-order chi connectivity index (χ0) is 61.9. The Morgan fingerprint density at radius 2 is 1.19 bits per heavy atom. The van der Waals surface area contributed by atoms with Crippen LogP contribution in [-0.4, -0.2) is 161 Å². The minimum atomic E-state index is -5.24. The Morgan fingerprint density at radius 3 is 1.71 bits per heavy atom. The average molecular weight is 1270 g/mol. The molecule has 2 aliphatic heterocycles.